The van der Waals surface area contributed by atoms with Crippen LogP contribution in [-0.2, 0) is 42.7 Å². The van der Waals surface area contributed by atoms with Crippen LogP contribution in [0.15, 0.2) is 0 Å². The summed E-state index contributed by atoms with van der Waals surface area (Å²) in [5.74, 6) is -8.99. The molecule has 0 aromatic heterocycles. The summed E-state index contributed by atoms with van der Waals surface area (Å²) >= 11 is 0. The van der Waals surface area contributed by atoms with Crippen LogP contribution in [0.5, 0.6) is 0 Å². The molecule has 3 heterocycles. The molecule has 6 rings (SSSR count). The minimum atomic E-state index is -4.39. The zero-order chi connectivity index (χ0) is 33.1. The van der Waals surface area contributed by atoms with E-state index in [1.165, 1.54) is 0 Å². The van der Waals surface area contributed by atoms with E-state index in [9.17, 15) is 30.0 Å². The van der Waals surface area contributed by atoms with Crippen molar-refractivity contribution in [3.8, 4) is 0 Å². The van der Waals surface area contributed by atoms with E-state index in [0.717, 1.165) is 0 Å². The van der Waals surface area contributed by atoms with Gasteiger partial charge in [0, 0.05) is 33.3 Å². The van der Waals surface area contributed by atoms with E-state index >= 15 is 8.78 Å². The number of esters is 1. The summed E-state index contributed by atoms with van der Waals surface area (Å²) in [7, 11) is 4.78. The van der Waals surface area contributed by atoms with Crippen LogP contribution < -0.4 is 5.32 Å². The van der Waals surface area contributed by atoms with Gasteiger partial charge in [0.1, 0.15) is 37.3 Å². The van der Waals surface area contributed by atoms with E-state index in [4.69, 9.17) is 33.2 Å². The van der Waals surface area contributed by atoms with Crippen molar-refractivity contribution in [2.75, 3.05) is 41.3 Å². The van der Waals surface area contributed by atoms with E-state index < -0.39 is 78.7 Å². The molecule has 3 aliphatic carbocycles. The molecule has 3 saturated carbocycles. The highest BCUT2D eigenvalue weighted by Gasteiger charge is 2.64. The number of nitrogens with one attached hydrogen (secondary N) is 1. The Hall–Kier alpha value is -1.60. The Morgan fingerprint density at radius 3 is 2.13 bits per heavy atom. The molecule has 7 unspecified atom stereocenters. The van der Waals surface area contributed by atoms with E-state index in [1.807, 2.05) is 0 Å². The lowest BCUT2D eigenvalue weighted by Crippen LogP contribution is -2.68. The van der Waals surface area contributed by atoms with E-state index in [1.54, 1.807) is 21.3 Å². The molecule has 3 saturated heterocycles. The monoisotopic (exact) mass is 665 g/mol. The molecule has 1 amide bonds. The van der Waals surface area contributed by atoms with Gasteiger partial charge in [0.25, 0.3) is 5.91 Å². The lowest BCUT2D eigenvalue weighted by molar-refractivity contribution is -0.274. The summed E-state index contributed by atoms with van der Waals surface area (Å²) in [5, 5.41) is 42.6. The number of ether oxygens (including phenoxy) is 7. The van der Waals surface area contributed by atoms with Crippen molar-refractivity contribution >= 4 is 11.9 Å². The molecule has 0 aromatic rings. The molecule has 6 fully saturated rings. The topological polar surface area (TPSA) is 192 Å². The largest absolute Gasteiger partial charge is 0.465 e. The van der Waals surface area contributed by atoms with Gasteiger partial charge in [-0.15, -0.1) is 0 Å². The Balaban J connectivity index is 1.31. The normalized spacial score (nSPS) is 49.1. The average molecular weight is 666 g/mol. The summed E-state index contributed by atoms with van der Waals surface area (Å²) in [6.45, 7) is -0.933. The Bertz CT molecular complexity index is 1100. The van der Waals surface area contributed by atoms with Crippen molar-refractivity contribution in [3.05, 3.63) is 0 Å². The summed E-state index contributed by atoms with van der Waals surface area (Å²) in [4.78, 5) is 26.9. The molecule has 6 aliphatic rings. The van der Waals surface area contributed by atoms with Crippen LogP contribution >= 0.6 is 0 Å². The lowest BCUT2D eigenvalue weighted by atomic mass is 9.51. The molecule has 0 bridgehead atoms. The first-order chi connectivity index (χ1) is 22.0. The van der Waals surface area contributed by atoms with E-state index in [-0.39, 0.29) is 61.7 Å². The summed E-state index contributed by atoms with van der Waals surface area (Å²) < 4.78 is 71.3. The van der Waals surface area contributed by atoms with Gasteiger partial charge in [0.2, 0.25) is 0 Å². The van der Waals surface area contributed by atoms with Crippen LogP contribution in [-0.4, -0.2) is 147 Å². The minimum Gasteiger partial charge on any atom is -0.465 e. The Morgan fingerprint density at radius 2 is 1.54 bits per heavy atom. The standard InChI is InChI=1S/C30H45F2NO13/c1-40-17-4-11(5-18(41-2)26(17)42-3)20-12-6-15-16(45-10-44-15)7-13(12)22(14-9-43-28(38)21(14)20)33-29(39)30(31,32)27-25(37)24(36)23(35)19(8-34)46-27/h11-27,34-37H,4-10H2,1-3H3,(H,33,39)/t11?,12?,13?,14?,15?,16?,17?,18?,19-,20-,21+,22-,23-,24+,25-,26?,27-/m1/s1. The van der Waals surface area contributed by atoms with Crippen molar-refractivity contribution in [2.24, 2.45) is 35.5 Å². The second-order valence-corrected chi connectivity index (χ2v) is 13.6. The first-order valence-electron chi connectivity index (χ1n) is 15.9. The van der Waals surface area contributed by atoms with Gasteiger partial charge in [0.15, 0.2) is 6.10 Å². The van der Waals surface area contributed by atoms with Crippen LogP contribution in [0.4, 0.5) is 8.78 Å². The van der Waals surface area contributed by atoms with E-state index in [2.05, 4.69) is 5.32 Å². The average Bonchev–Trinajstić information content (AvgIpc) is 3.68. The highest BCUT2D eigenvalue weighted by molar-refractivity contribution is 5.85. The summed E-state index contributed by atoms with van der Waals surface area (Å²) in [6.07, 6.45) is -10.0. The first-order valence-corrected chi connectivity index (χ1v) is 15.9. The van der Waals surface area contributed by atoms with Crippen LogP contribution in [0.1, 0.15) is 25.7 Å². The number of cyclic esters (lactones) is 1. The zero-order valence-corrected chi connectivity index (χ0v) is 26.0. The number of hydrogen-bond acceptors (Lipinski definition) is 13. The van der Waals surface area contributed by atoms with Crippen molar-refractivity contribution in [3.63, 3.8) is 0 Å². The molecule has 0 radical (unpaired) electrons. The molecular weight excluding hydrogens is 620 g/mol. The second kappa shape index (κ2) is 13.4. The van der Waals surface area contributed by atoms with Crippen molar-refractivity contribution in [2.45, 2.75) is 98.7 Å². The number of methoxy groups -OCH3 is 3. The number of fused-ring (bicyclic) bond motifs is 3. The fraction of sp³-hybridized carbons (Fsp3) is 0.933. The lowest BCUT2D eigenvalue weighted by Gasteiger charge is -2.55. The number of amides is 1. The molecule has 5 N–H and O–H groups in total. The van der Waals surface area contributed by atoms with Crippen LogP contribution in [0, 0.1) is 35.5 Å². The number of halogens is 2. The quantitative estimate of drug-likeness (QED) is 0.190. The third-order valence-corrected chi connectivity index (χ3v) is 11.6. The molecule has 16 heteroatoms. The second-order valence-electron chi connectivity index (χ2n) is 13.6. The number of hydrogen-bond donors (Lipinski definition) is 5. The molecule has 0 aromatic carbocycles. The molecular formula is C30H45F2NO13. The van der Waals surface area contributed by atoms with Crippen LogP contribution in [0.25, 0.3) is 0 Å². The molecule has 0 spiro atoms. The SMILES string of the molecule is COC1CC([C@@H]2C3CC4OCOC4CC3[C@@H](NC(=O)C(F)(F)[C@@H]3O[C@H](CO)[C@@H](O)[C@H](O)[C@H]3O)C3COC(=O)[C@@H]32)CC(OC)C1OC. The van der Waals surface area contributed by atoms with Crippen molar-refractivity contribution < 1.29 is 72.0 Å². The third kappa shape index (κ3) is 5.65. The number of rotatable bonds is 8. The van der Waals surface area contributed by atoms with Gasteiger partial charge in [0.05, 0.1) is 43.5 Å². The fourth-order valence-corrected chi connectivity index (χ4v) is 9.43. The maximum Gasteiger partial charge on any atom is 0.352 e. The smallest absolute Gasteiger partial charge is 0.352 e. The van der Waals surface area contributed by atoms with Gasteiger partial charge in [-0.25, -0.2) is 0 Å². The van der Waals surface area contributed by atoms with Crippen molar-refractivity contribution in [1.29, 1.82) is 0 Å². The molecule has 15 atom stereocenters. The van der Waals surface area contributed by atoms with Gasteiger partial charge >= 0.3 is 11.9 Å². The van der Waals surface area contributed by atoms with E-state index in [0.29, 0.717) is 25.7 Å². The zero-order valence-electron chi connectivity index (χ0n) is 26.0. The Kier molecular flexibility index (Phi) is 9.96. The number of alkyl halides is 2. The molecule has 3 aliphatic heterocycles. The summed E-state index contributed by atoms with van der Waals surface area (Å²) in [6, 6.07) is -0.933. The molecule has 14 nitrogen and oxygen atoms in total. The van der Waals surface area contributed by atoms with Gasteiger partial charge in [-0.1, -0.05) is 0 Å². The van der Waals surface area contributed by atoms with Gasteiger partial charge in [-0.05, 0) is 49.4 Å². The highest BCUT2D eigenvalue weighted by atomic mass is 19.3. The third-order valence-electron chi connectivity index (χ3n) is 11.6. The van der Waals surface area contributed by atoms with Gasteiger partial charge in [-0.2, -0.15) is 8.78 Å². The number of aliphatic hydroxyl groups excluding tert-OH is 4. The van der Waals surface area contributed by atoms with Crippen LogP contribution in [0.3, 0.4) is 0 Å². The molecule has 262 valence electrons. The number of aliphatic hydroxyl groups is 4. The number of carbonyl (C=O) groups is 2. The number of carbonyl (C=O) groups excluding carboxylic acids is 2. The predicted molar refractivity (Wildman–Crippen MR) is 148 cm³/mol. The fourth-order valence-electron chi connectivity index (χ4n) is 9.43. The Morgan fingerprint density at radius 1 is 0.913 bits per heavy atom. The maximum absolute atomic E-state index is 15.8. The van der Waals surface area contributed by atoms with Gasteiger partial charge in [-0.3, -0.25) is 9.59 Å². The molecule has 46 heavy (non-hydrogen) atoms. The minimum absolute atomic E-state index is 0.0803. The van der Waals surface area contributed by atoms with Crippen molar-refractivity contribution in [1.82, 2.24) is 5.32 Å². The van der Waals surface area contributed by atoms with Gasteiger partial charge < -0.3 is 58.9 Å². The maximum atomic E-state index is 15.8. The highest BCUT2D eigenvalue weighted by Crippen LogP contribution is 2.57. The first kappa shape index (κ1) is 34.3. The van der Waals surface area contributed by atoms with Crippen LogP contribution in [0.2, 0.25) is 0 Å². The predicted octanol–water partition coefficient (Wildman–Crippen LogP) is -1.41. The summed E-state index contributed by atoms with van der Waals surface area (Å²) in [5.41, 5.74) is 0. The Labute approximate surface area is 264 Å².